The van der Waals surface area contributed by atoms with E-state index in [9.17, 15) is 55.5 Å². The molecule has 0 radical (unpaired) electrons. The van der Waals surface area contributed by atoms with Gasteiger partial charge in [0.2, 0.25) is 0 Å². The molecule has 57 heavy (non-hydrogen) atoms. The van der Waals surface area contributed by atoms with E-state index in [1.54, 1.807) is 0 Å². The Morgan fingerprint density at radius 1 is 0.684 bits per heavy atom. The number of esters is 2. The van der Waals surface area contributed by atoms with Crippen LogP contribution in [0.4, 0.5) is 0 Å². The summed E-state index contributed by atoms with van der Waals surface area (Å²) in [4.78, 5) is 26.2. The van der Waals surface area contributed by atoms with Crippen LogP contribution in [0.3, 0.4) is 0 Å². The predicted octanol–water partition coefficient (Wildman–Crippen LogP) is 0.963. The molecule has 18 nitrogen and oxygen atoms in total. The highest BCUT2D eigenvalue weighted by molar-refractivity contribution is 5.88. The van der Waals surface area contributed by atoms with Crippen LogP contribution >= 0.6 is 0 Å². The van der Waals surface area contributed by atoms with Crippen LogP contribution in [0.1, 0.15) is 23.6 Å². The quantitative estimate of drug-likeness (QED) is 0.0624. The molecule has 0 amide bonds. The maximum Gasteiger partial charge on any atom is 0.331 e. The first-order valence-electron chi connectivity index (χ1n) is 17.6. The van der Waals surface area contributed by atoms with Crippen molar-refractivity contribution >= 4 is 24.1 Å². The summed E-state index contributed by atoms with van der Waals surface area (Å²) in [6.45, 7) is 0.609. The lowest BCUT2D eigenvalue weighted by Crippen LogP contribution is -2.65. The first-order chi connectivity index (χ1) is 27.1. The number of phenols is 5. The van der Waals surface area contributed by atoms with E-state index in [1.807, 2.05) is 0 Å². The number of methoxy groups -OCH3 is 1. The van der Waals surface area contributed by atoms with Crippen LogP contribution in [-0.2, 0) is 44.4 Å². The zero-order valence-corrected chi connectivity index (χ0v) is 30.6. The molecule has 2 fully saturated rings. The summed E-state index contributed by atoms with van der Waals surface area (Å²) in [5.74, 6) is -3.46. The Hall–Kier alpha value is -5.44. The average Bonchev–Trinajstić information content (AvgIpc) is 3.19. The van der Waals surface area contributed by atoms with Gasteiger partial charge in [-0.15, -0.1) is 0 Å². The molecule has 2 saturated heterocycles. The van der Waals surface area contributed by atoms with Gasteiger partial charge < -0.3 is 79.1 Å². The lowest BCUT2D eigenvalue weighted by atomic mass is 9.97. The number of phenolic OH excluding ortho intramolecular Hbond substituents is 5. The maximum absolute atomic E-state index is 13.3. The van der Waals surface area contributed by atoms with Gasteiger partial charge in [-0.25, -0.2) is 9.59 Å². The summed E-state index contributed by atoms with van der Waals surface area (Å²) in [7, 11) is 1.36. The lowest BCUT2D eigenvalue weighted by molar-refractivity contribution is -0.357. The van der Waals surface area contributed by atoms with Crippen LogP contribution in [0, 0.1) is 0 Å². The van der Waals surface area contributed by atoms with E-state index >= 15 is 0 Å². The number of rotatable bonds is 14. The summed E-state index contributed by atoms with van der Waals surface area (Å²) < 4.78 is 39.7. The molecule has 0 bridgehead atoms. The normalized spacial score (nSPS) is 27.7. The van der Waals surface area contributed by atoms with Crippen LogP contribution < -0.4 is 4.74 Å². The minimum Gasteiger partial charge on any atom is -0.504 e. The summed E-state index contributed by atoms with van der Waals surface area (Å²) in [6, 6.07) is 12.2. The van der Waals surface area contributed by atoms with Crippen molar-refractivity contribution in [1.82, 2.24) is 0 Å². The second kappa shape index (κ2) is 19.1. The summed E-state index contributed by atoms with van der Waals surface area (Å²) >= 11 is 0. The van der Waals surface area contributed by atoms with Crippen molar-refractivity contribution in [1.29, 1.82) is 0 Å². The molecule has 0 aliphatic carbocycles. The monoisotopic (exact) mass is 800 g/mol. The Bertz CT molecular complexity index is 1910. The summed E-state index contributed by atoms with van der Waals surface area (Å²) in [6.07, 6.45) is -11.3. The van der Waals surface area contributed by atoms with Gasteiger partial charge in [-0.3, -0.25) is 0 Å². The minimum atomic E-state index is -1.86. The van der Waals surface area contributed by atoms with Gasteiger partial charge in [0.25, 0.3) is 0 Å². The molecule has 3 aromatic rings. The summed E-state index contributed by atoms with van der Waals surface area (Å²) in [5.41, 5.74) is 1.29. The molecular weight excluding hydrogens is 756 g/mol. The number of aliphatic hydroxyl groups excluding tert-OH is 4. The smallest absolute Gasteiger partial charge is 0.331 e. The second-order valence-corrected chi connectivity index (χ2v) is 13.1. The highest BCUT2D eigenvalue weighted by Crippen LogP contribution is 2.33. The number of carbonyl (C=O) groups is 2. The minimum absolute atomic E-state index is 0.119. The number of carbonyl (C=O) groups excluding carboxylic acids is 2. The van der Waals surface area contributed by atoms with Gasteiger partial charge in [0.05, 0.1) is 19.8 Å². The molecule has 2 heterocycles. The lowest BCUT2D eigenvalue weighted by Gasteiger charge is -2.46. The van der Waals surface area contributed by atoms with Crippen LogP contribution in [0.2, 0.25) is 0 Å². The van der Waals surface area contributed by atoms with Crippen LogP contribution in [0.15, 0.2) is 66.7 Å². The number of aliphatic hydroxyl groups is 4. The predicted molar refractivity (Wildman–Crippen MR) is 195 cm³/mol. The average molecular weight is 801 g/mol. The fourth-order valence-electron chi connectivity index (χ4n) is 5.92. The summed E-state index contributed by atoms with van der Waals surface area (Å²) in [5, 5.41) is 92.0. The van der Waals surface area contributed by atoms with Gasteiger partial charge in [0.15, 0.2) is 53.2 Å². The first-order valence-corrected chi connectivity index (χ1v) is 17.6. The molecule has 9 N–H and O–H groups in total. The molecule has 18 heteroatoms. The Balaban J connectivity index is 1.41. The molecule has 0 saturated carbocycles. The van der Waals surface area contributed by atoms with Crippen molar-refractivity contribution in [2.24, 2.45) is 0 Å². The van der Waals surface area contributed by atoms with Gasteiger partial charge in [-0.1, -0.05) is 18.2 Å². The van der Waals surface area contributed by atoms with E-state index in [0.717, 1.165) is 12.2 Å². The molecule has 2 aliphatic rings. The Morgan fingerprint density at radius 3 is 1.98 bits per heavy atom. The van der Waals surface area contributed by atoms with E-state index in [0.29, 0.717) is 11.1 Å². The van der Waals surface area contributed by atoms with Gasteiger partial charge in [0.1, 0.15) is 43.2 Å². The van der Waals surface area contributed by atoms with Gasteiger partial charge >= 0.3 is 11.9 Å². The third kappa shape index (κ3) is 10.9. The van der Waals surface area contributed by atoms with Crippen LogP contribution in [0.25, 0.3) is 12.2 Å². The van der Waals surface area contributed by atoms with Crippen molar-refractivity contribution in [2.75, 3.05) is 20.3 Å². The van der Waals surface area contributed by atoms with Gasteiger partial charge in [-0.05, 0) is 78.6 Å². The highest BCUT2D eigenvalue weighted by atomic mass is 16.7. The number of benzene rings is 3. The van der Waals surface area contributed by atoms with Crippen molar-refractivity contribution in [3.8, 4) is 34.5 Å². The fraction of sp³-hybridized carbons (Fsp3) is 0.385. The molecule has 10 atom stereocenters. The molecule has 308 valence electrons. The van der Waals surface area contributed by atoms with Gasteiger partial charge in [0, 0.05) is 12.2 Å². The van der Waals surface area contributed by atoms with Gasteiger partial charge in [-0.2, -0.15) is 0 Å². The Kier molecular flexibility index (Phi) is 14.3. The number of hydrogen-bond donors (Lipinski definition) is 9. The van der Waals surface area contributed by atoms with Crippen LogP contribution in [-0.4, -0.2) is 140 Å². The zero-order chi connectivity index (χ0) is 41.4. The molecule has 0 unspecified atom stereocenters. The topological polar surface area (TPSA) is 281 Å². The fourth-order valence-corrected chi connectivity index (χ4v) is 5.92. The van der Waals surface area contributed by atoms with E-state index in [1.165, 1.54) is 80.8 Å². The molecule has 3 aromatic carbocycles. The molecule has 2 aliphatic heterocycles. The van der Waals surface area contributed by atoms with E-state index in [4.69, 9.17) is 33.2 Å². The first kappa shape index (κ1) is 42.7. The zero-order valence-electron chi connectivity index (χ0n) is 30.6. The molecule has 0 aromatic heterocycles. The highest BCUT2D eigenvalue weighted by Gasteiger charge is 2.52. The van der Waals surface area contributed by atoms with Crippen molar-refractivity contribution in [3.05, 3.63) is 83.4 Å². The largest absolute Gasteiger partial charge is 0.504 e. The molecule has 0 spiro atoms. The molecular formula is C39H44O18. The van der Waals surface area contributed by atoms with Crippen molar-refractivity contribution in [2.45, 2.75) is 74.8 Å². The van der Waals surface area contributed by atoms with E-state index in [-0.39, 0.29) is 41.6 Å². The number of aromatic hydroxyl groups is 5. The van der Waals surface area contributed by atoms with Crippen LogP contribution in [0.5, 0.6) is 34.5 Å². The Morgan fingerprint density at radius 2 is 1.32 bits per heavy atom. The standard InChI is InChI=1S/C39H44O18/c1-19-32(47)33(48)34(49)39(54-19)57-37-35(50)38(52-14-13-22-4-9-24(41)27(44)16-22)55-29(18-53-30(45)11-6-21-5-10-25(42)28(17-21)51-2)36(37)56-31(46)12-7-20-3-8-23(40)26(43)15-20/h3-12,15-17,19,29,32-44,47-50H,13-14,18H2,1-2H3/b11-6+,12-7+/t19-,29+,32-,33+,34+,35+,36+,37+,38+,39-/m0/s1. The second-order valence-electron chi connectivity index (χ2n) is 13.1. The number of hydrogen-bond acceptors (Lipinski definition) is 18. The number of ether oxygens (including phenoxy) is 7. The van der Waals surface area contributed by atoms with Crippen molar-refractivity contribution < 1.29 is 88.7 Å². The third-order valence-electron chi connectivity index (χ3n) is 9.10. The molecule has 5 rings (SSSR count). The van der Waals surface area contributed by atoms with Crippen molar-refractivity contribution in [3.63, 3.8) is 0 Å². The third-order valence-corrected chi connectivity index (χ3v) is 9.10. The maximum atomic E-state index is 13.3. The SMILES string of the molecule is COc1cc(/C=C/C(=O)OC[C@H]2O[C@@H](OCCc3ccc(O)c(O)c3)[C@H](O)[C@@H](O[C@@H]3O[C@@H](C)[C@H](O)[C@@H](O)[C@H]3O)[C@@H]2OC(=O)/C=C/c2ccc(O)c(O)c2)ccc1O. The Labute approximate surface area is 325 Å². The van der Waals surface area contributed by atoms with E-state index < -0.39 is 91.5 Å². The van der Waals surface area contributed by atoms with E-state index in [2.05, 4.69) is 0 Å².